The third-order valence-corrected chi connectivity index (χ3v) is 5.11. The molecule has 0 saturated heterocycles. The first-order valence-corrected chi connectivity index (χ1v) is 8.81. The van der Waals surface area contributed by atoms with E-state index in [1.54, 1.807) is 0 Å². The summed E-state index contributed by atoms with van der Waals surface area (Å²) < 4.78 is 40.3. The molecule has 1 aliphatic carbocycles. The molecule has 24 heavy (non-hydrogen) atoms. The number of hydrogen-bond donors (Lipinski definition) is 0. The molecular formula is C17H17F3N2OS. The fourth-order valence-corrected chi connectivity index (χ4v) is 3.70. The molecule has 1 heterocycles. The number of thioether (sulfide) groups is 1. The summed E-state index contributed by atoms with van der Waals surface area (Å²) in [6.07, 6.45) is -1.09. The maximum Gasteiger partial charge on any atom is 0.435 e. The van der Waals surface area contributed by atoms with Gasteiger partial charge in [0.05, 0.1) is 11.8 Å². The van der Waals surface area contributed by atoms with Crippen molar-refractivity contribution in [2.75, 3.05) is 5.75 Å². The summed E-state index contributed by atoms with van der Waals surface area (Å²) in [6.45, 7) is 0. The van der Waals surface area contributed by atoms with E-state index in [-0.39, 0.29) is 23.3 Å². The van der Waals surface area contributed by atoms with Crippen LogP contribution in [0.1, 0.15) is 47.9 Å². The summed E-state index contributed by atoms with van der Waals surface area (Å²) in [5, 5.41) is 3.70. The highest BCUT2D eigenvalue weighted by Gasteiger charge is 2.37. The molecule has 128 valence electrons. The second-order valence-electron chi connectivity index (χ2n) is 5.82. The first-order valence-electron chi connectivity index (χ1n) is 7.83. The van der Waals surface area contributed by atoms with E-state index in [1.165, 1.54) is 16.4 Å². The van der Waals surface area contributed by atoms with E-state index in [0.717, 1.165) is 36.6 Å². The number of benzene rings is 1. The van der Waals surface area contributed by atoms with Gasteiger partial charge in [0, 0.05) is 4.90 Å². The highest BCUT2D eigenvalue weighted by atomic mass is 32.2. The van der Waals surface area contributed by atoms with Gasteiger partial charge < -0.3 is 0 Å². The van der Waals surface area contributed by atoms with Gasteiger partial charge in [-0.15, -0.1) is 11.8 Å². The zero-order valence-electron chi connectivity index (χ0n) is 12.9. The molecule has 2 aromatic rings. The molecule has 1 saturated carbocycles. The molecule has 0 atom stereocenters. The summed E-state index contributed by atoms with van der Waals surface area (Å²) in [7, 11) is 0. The van der Waals surface area contributed by atoms with E-state index in [9.17, 15) is 18.0 Å². The topological polar surface area (TPSA) is 34.9 Å². The van der Waals surface area contributed by atoms with Gasteiger partial charge >= 0.3 is 6.18 Å². The van der Waals surface area contributed by atoms with Crippen LogP contribution in [0.4, 0.5) is 13.2 Å². The molecule has 7 heteroatoms. The lowest BCUT2D eigenvalue weighted by Gasteiger charge is -2.13. The van der Waals surface area contributed by atoms with Gasteiger partial charge in [0.15, 0.2) is 11.5 Å². The SMILES string of the molecule is O=C(CSc1ccccc1)c1cc(C(F)(F)F)nn1C1CCCC1. The van der Waals surface area contributed by atoms with Crippen LogP contribution >= 0.6 is 11.8 Å². The maximum absolute atomic E-state index is 13.0. The van der Waals surface area contributed by atoms with E-state index in [2.05, 4.69) is 5.10 Å². The summed E-state index contributed by atoms with van der Waals surface area (Å²) in [5.41, 5.74) is -0.917. The Morgan fingerprint density at radius 3 is 2.50 bits per heavy atom. The monoisotopic (exact) mass is 354 g/mol. The predicted octanol–water partition coefficient (Wildman–Crippen LogP) is 4.99. The van der Waals surface area contributed by atoms with Crippen LogP contribution < -0.4 is 0 Å². The normalized spacial score (nSPS) is 15.8. The van der Waals surface area contributed by atoms with Crippen LogP contribution in [0.2, 0.25) is 0 Å². The van der Waals surface area contributed by atoms with E-state index in [0.29, 0.717) is 0 Å². The van der Waals surface area contributed by atoms with Crippen molar-refractivity contribution < 1.29 is 18.0 Å². The summed E-state index contributed by atoms with van der Waals surface area (Å²) >= 11 is 1.32. The number of Topliss-reactive ketones (excluding diaryl/α,β-unsaturated/α-hetero) is 1. The zero-order chi connectivity index (χ0) is 17.2. The Labute approximate surface area is 142 Å². The molecule has 1 aromatic heterocycles. The molecule has 0 bridgehead atoms. The smallest absolute Gasteiger partial charge is 0.292 e. The number of rotatable bonds is 5. The highest BCUT2D eigenvalue weighted by molar-refractivity contribution is 8.00. The van der Waals surface area contributed by atoms with E-state index in [1.807, 2.05) is 30.3 Å². The summed E-state index contributed by atoms with van der Waals surface area (Å²) in [6, 6.07) is 10.1. The minimum absolute atomic E-state index is 0.0673. The summed E-state index contributed by atoms with van der Waals surface area (Å²) in [5.74, 6) is -0.224. The minimum atomic E-state index is -4.54. The van der Waals surface area contributed by atoms with Gasteiger partial charge in [-0.05, 0) is 31.0 Å². The third kappa shape index (κ3) is 3.83. The van der Waals surface area contributed by atoms with Crippen LogP contribution in [-0.2, 0) is 6.18 Å². The predicted molar refractivity (Wildman–Crippen MR) is 86.2 cm³/mol. The van der Waals surface area contributed by atoms with E-state index in [4.69, 9.17) is 0 Å². The fourth-order valence-electron chi connectivity index (χ4n) is 2.91. The number of alkyl halides is 3. The first-order chi connectivity index (χ1) is 11.4. The van der Waals surface area contributed by atoms with Crippen molar-refractivity contribution >= 4 is 17.5 Å². The van der Waals surface area contributed by atoms with Crippen LogP contribution in [0, 0.1) is 0 Å². The average molecular weight is 354 g/mol. The van der Waals surface area contributed by atoms with Crippen molar-refractivity contribution in [1.82, 2.24) is 9.78 Å². The number of halogens is 3. The van der Waals surface area contributed by atoms with Gasteiger partial charge in [0.2, 0.25) is 0 Å². The molecule has 1 aromatic carbocycles. The third-order valence-electron chi connectivity index (χ3n) is 4.10. The second-order valence-corrected chi connectivity index (χ2v) is 6.87. The fraction of sp³-hybridized carbons (Fsp3) is 0.412. The number of carbonyl (C=O) groups is 1. The molecule has 0 radical (unpaired) electrons. The Morgan fingerprint density at radius 2 is 1.88 bits per heavy atom. The van der Waals surface area contributed by atoms with Crippen LogP contribution in [0.25, 0.3) is 0 Å². The van der Waals surface area contributed by atoms with E-state index >= 15 is 0 Å². The van der Waals surface area contributed by atoms with Crippen molar-refractivity contribution in [3.63, 3.8) is 0 Å². The largest absolute Gasteiger partial charge is 0.435 e. The Hall–Kier alpha value is -1.76. The Morgan fingerprint density at radius 1 is 1.21 bits per heavy atom. The van der Waals surface area contributed by atoms with Crippen LogP contribution in [-0.4, -0.2) is 21.3 Å². The molecule has 0 amide bonds. The van der Waals surface area contributed by atoms with Crippen LogP contribution in [0.3, 0.4) is 0 Å². The van der Waals surface area contributed by atoms with Crippen molar-refractivity contribution in [2.45, 2.75) is 42.8 Å². The number of nitrogens with zero attached hydrogens (tertiary/aromatic N) is 2. The van der Waals surface area contributed by atoms with Crippen LogP contribution in [0.15, 0.2) is 41.3 Å². The number of carbonyl (C=O) groups excluding carboxylic acids is 1. The molecule has 0 unspecified atom stereocenters. The molecule has 3 rings (SSSR count). The first kappa shape index (κ1) is 17.1. The Kier molecular flexibility index (Phi) is 4.99. The molecule has 0 aliphatic heterocycles. The lowest BCUT2D eigenvalue weighted by atomic mass is 10.2. The average Bonchev–Trinajstić information content (AvgIpc) is 3.21. The highest BCUT2D eigenvalue weighted by Crippen LogP contribution is 2.34. The standard InChI is InChI=1S/C17H17F3N2OS/c18-17(19,20)16-10-14(22(21-16)12-6-4-5-7-12)15(23)11-24-13-8-2-1-3-9-13/h1-3,8-10,12H,4-7,11H2. The zero-order valence-corrected chi connectivity index (χ0v) is 13.7. The number of aromatic nitrogens is 2. The molecule has 0 spiro atoms. The molecule has 3 nitrogen and oxygen atoms in total. The molecule has 0 N–H and O–H groups in total. The maximum atomic E-state index is 13.0. The van der Waals surface area contributed by atoms with Crippen molar-refractivity contribution in [3.8, 4) is 0 Å². The van der Waals surface area contributed by atoms with Crippen molar-refractivity contribution in [3.05, 3.63) is 47.8 Å². The van der Waals surface area contributed by atoms with Gasteiger partial charge in [-0.3, -0.25) is 9.48 Å². The summed E-state index contributed by atoms with van der Waals surface area (Å²) in [4.78, 5) is 13.4. The lowest BCUT2D eigenvalue weighted by Crippen LogP contribution is -2.16. The molecule has 1 aliphatic rings. The van der Waals surface area contributed by atoms with Crippen LogP contribution in [0.5, 0.6) is 0 Å². The van der Waals surface area contributed by atoms with Gasteiger partial charge in [-0.1, -0.05) is 31.0 Å². The van der Waals surface area contributed by atoms with Crippen molar-refractivity contribution in [2.24, 2.45) is 0 Å². The Bertz CT molecular complexity index is 706. The minimum Gasteiger partial charge on any atom is -0.292 e. The number of ketones is 1. The molecular weight excluding hydrogens is 337 g/mol. The van der Waals surface area contributed by atoms with Gasteiger partial charge in [-0.25, -0.2) is 0 Å². The van der Waals surface area contributed by atoms with Gasteiger partial charge in [0.25, 0.3) is 0 Å². The number of hydrogen-bond acceptors (Lipinski definition) is 3. The van der Waals surface area contributed by atoms with E-state index < -0.39 is 11.9 Å². The quantitative estimate of drug-likeness (QED) is 0.560. The Balaban J connectivity index is 1.82. The van der Waals surface area contributed by atoms with Gasteiger partial charge in [-0.2, -0.15) is 18.3 Å². The van der Waals surface area contributed by atoms with Crippen molar-refractivity contribution in [1.29, 1.82) is 0 Å². The molecule has 1 fully saturated rings. The lowest BCUT2D eigenvalue weighted by molar-refractivity contribution is -0.141. The van der Waals surface area contributed by atoms with Gasteiger partial charge in [0.1, 0.15) is 5.69 Å². The second kappa shape index (κ2) is 7.01.